The van der Waals surface area contributed by atoms with E-state index in [1.54, 1.807) is 18.2 Å². The van der Waals surface area contributed by atoms with E-state index >= 15 is 0 Å². The molecule has 1 unspecified atom stereocenters. The van der Waals surface area contributed by atoms with Crippen LogP contribution >= 0.6 is 0 Å². The molecule has 0 aliphatic carbocycles. The van der Waals surface area contributed by atoms with Crippen molar-refractivity contribution in [3.63, 3.8) is 0 Å². The topological polar surface area (TPSA) is 84.7 Å². The lowest BCUT2D eigenvalue weighted by atomic mass is 9.87. The predicted molar refractivity (Wildman–Crippen MR) is 140 cm³/mol. The summed E-state index contributed by atoms with van der Waals surface area (Å²) in [5.74, 6) is -0.109. The Labute approximate surface area is 220 Å². The van der Waals surface area contributed by atoms with Crippen LogP contribution in [-0.4, -0.2) is 28.2 Å². The molecule has 194 valence electrons. The van der Waals surface area contributed by atoms with Crippen molar-refractivity contribution in [2.45, 2.75) is 32.9 Å². The fourth-order valence-corrected chi connectivity index (χ4v) is 4.63. The average Bonchev–Trinajstić information content (AvgIpc) is 3.40. The molecule has 38 heavy (non-hydrogen) atoms. The van der Waals surface area contributed by atoms with E-state index in [0.29, 0.717) is 30.0 Å². The molecular weight excluding hydrogens is 485 g/mol. The number of oxazole rings is 1. The number of rotatable bonds is 7. The summed E-state index contributed by atoms with van der Waals surface area (Å²) in [6, 6.07) is 20.7. The molecule has 3 aromatic carbocycles. The van der Waals surface area contributed by atoms with E-state index in [1.165, 1.54) is 18.4 Å². The van der Waals surface area contributed by atoms with Crippen LogP contribution in [0.3, 0.4) is 0 Å². The van der Waals surface area contributed by atoms with Crippen LogP contribution < -0.4 is 10.1 Å². The molecule has 1 atom stereocenters. The van der Waals surface area contributed by atoms with Gasteiger partial charge in [0.15, 0.2) is 12.3 Å². The summed E-state index contributed by atoms with van der Waals surface area (Å²) in [5, 5.41) is 2.76. The van der Waals surface area contributed by atoms with Crippen LogP contribution in [-0.2, 0) is 17.8 Å². The summed E-state index contributed by atoms with van der Waals surface area (Å²) in [6.07, 6.45) is 1.98. The number of nitrogens with zero attached hydrogens (tertiary/aromatic N) is 2. The Kier molecular flexibility index (Phi) is 7.22. The second-order valence-corrected chi connectivity index (χ2v) is 9.49. The number of hydrogen-bond acceptors (Lipinski definition) is 5. The SMILES string of the molecule is CC(C)C(=O)N1CCc2ccc(OCc3nc(C(=O)Nc4ccccc4)co3)cc2C1c1cccc(F)c1. The van der Waals surface area contributed by atoms with Crippen molar-refractivity contribution in [3.05, 3.63) is 113 Å². The summed E-state index contributed by atoms with van der Waals surface area (Å²) in [5.41, 5.74) is 3.48. The lowest BCUT2D eigenvalue weighted by Gasteiger charge is -2.39. The minimum absolute atomic E-state index is 0.0106. The van der Waals surface area contributed by atoms with Crippen molar-refractivity contribution in [1.82, 2.24) is 9.88 Å². The molecular formula is C30H28FN3O4. The zero-order valence-electron chi connectivity index (χ0n) is 21.2. The predicted octanol–water partition coefficient (Wildman–Crippen LogP) is 5.78. The van der Waals surface area contributed by atoms with Crippen LogP contribution in [0.2, 0.25) is 0 Å². The molecule has 1 aliphatic heterocycles. The Morgan fingerprint density at radius 3 is 2.68 bits per heavy atom. The molecule has 4 aromatic rings. The molecule has 1 aromatic heterocycles. The Morgan fingerprint density at radius 2 is 1.92 bits per heavy atom. The molecule has 0 bridgehead atoms. The Bertz CT molecular complexity index is 1450. The van der Waals surface area contributed by atoms with Gasteiger partial charge in [0.25, 0.3) is 5.91 Å². The maximum Gasteiger partial charge on any atom is 0.277 e. The van der Waals surface area contributed by atoms with Crippen LogP contribution in [0.1, 0.15) is 53.0 Å². The number of anilines is 1. The molecule has 1 aliphatic rings. The normalized spacial score (nSPS) is 14.7. The van der Waals surface area contributed by atoms with Gasteiger partial charge in [-0.25, -0.2) is 9.37 Å². The number of nitrogens with one attached hydrogen (secondary N) is 1. The van der Waals surface area contributed by atoms with E-state index in [4.69, 9.17) is 9.15 Å². The van der Waals surface area contributed by atoms with Gasteiger partial charge in [0.2, 0.25) is 11.8 Å². The highest BCUT2D eigenvalue weighted by atomic mass is 19.1. The molecule has 0 saturated carbocycles. The summed E-state index contributed by atoms with van der Waals surface area (Å²) in [7, 11) is 0. The third kappa shape index (κ3) is 5.44. The lowest BCUT2D eigenvalue weighted by Crippen LogP contribution is -2.42. The number of fused-ring (bicyclic) bond motifs is 1. The molecule has 8 heteroatoms. The maximum absolute atomic E-state index is 14.2. The third-order valence-corrected chi connectivity index (χ3v) is 6.47. The molecule has 1 N–H and O–H groups in total. The highest BCUT2D eigenvalue weighted by molar-refractivity contribution is 6.02. The maximum atomic E-state index is 14.2. The van der Waals surface area contributed by atoms with Crippen molar-refractivity contribution >= 4 is 17.5 Å². The van der Waals surface area contributed by atoms with E-state index in [-0.39, 0.29) is 41.7 Å². The molecule has 7 nitrogen and oxygen atoms in total. The van der Waals surface area contributed by atoms with Gasteiger partial charge in [0.05, 0.1) is 6.04 Å². The van der Waals surface area contributed by atoms with Crippen molar-refractivity contribution in [2.24, 2.45) is 5.92 Å². The molecule has 0 saturated heterocycles. The minimum atomic E-state index is -0.428. The van der Waals surface area contributed by atoms with Gasteiger partial charge in [-0.2, -0.15) is 0 Å². The largest absolute Gasteiger partial charge is 0.484 e. The number of amides is 2. The van der Waals surface area contributed by atoms with Gasteiger partial charge in [0.1, 0.15) is 17.8 Å². The lowest BCUT2D eigenvalue weighted by molar-refractivity contribution is -0.136. The smallest absolute Gasteiger partial charge is 0.277 e. The zero-order chi connectivity index (χ0) is 26.6. The molecule has 2 amide bonds. The van der Waals surface area contributed by atoms with Gasteiger partial charge < -0.3 is 19.4 Å². The number of halogens is 1. The van der Waals surface area contributed by atoms with Crippen molar-refractivity contribution in [3.8, 4) is 5.75 Å². The first-order chi connectivity index (χ1) is 18.4. The van der Waals surface area contributed by atoms with Gasteiger partial charge in [-0.3, -0.25) is 9.59 Å². The quantitative estimate of drug-likeness (QED) is 0.339. The van der Waals surface area contributed by atoms with Crippen LogP contribution in [0.15, 0.2) is 83.5 Å². The minimum Gasteiger partial charge on any atom is -0.484 e. The fraction of sp³-hybridized carbons (Fsp3) is 0.233. The Balaban J connectivity index is 1.35. The summed E-state index contributed by atoms with van der Waals surface area (Å²) < 4.78 is 25.6. The van der Waals surface area contributed by atoms with E-state index in [9.17, 15) is 14.0 Å². The standard InChI is InChI=1S/C30H28FN3O4/c1-19(2)30(36)34-14-13-20-11-12-24(16-25(20)28(34)21-7-6-8-22(31)15-21)37-18-27-33-26(17-38-27)29(35)32-23-9-4-3-5-10-23/h3-12,15-17,19,28H,13-14,18H2,1-2H3,(H,32,35). The molecule has 5 rings (SSSR count). The van der Waals surface area contributed by atoms with E-state index in [1.807, 2.05) is 61.2 Å². The van der Waals surface area contributed by atoms with Gasteiger partial charge in [-0.05, 0) is 59.5 Å². The van der Waals surface area contributed by atoms with Gasteiger partial charge in [0, 0.05) is 18.2 Å². The van der Waals surface area contributed by atoms with Crippen LogP contribution in [0, 0.1) is 11.7 Å². The van der Waals surface area contributed by atoms with E-state index in [0.717, 1.165) is 11.1 Å². The third-order valence-electron chi connectivity index (χ3n) is 6.47. The van der Waals surface area contributed by atoms with Gasteiger partial charge in [-0.1, -0.05) is 50.2 Å². The Morgan fingerprint density at radius 1 is 1.11 bits per heavy atom. The number of ether oxygens (including phenoxy) is 1. The van der Waals surface area contributed by atoms with Gasteiger partial charge in [-0.15, -0.1) is 0 Å². The van der Waals surface area contributed by atoms with Crippen molar-refractivity contribution in [1.29, 1.82) is 0 Å². The molecule has 0 radical (unpaired) electrons. The monoisotopic (exact) mass is 513 g/mol. The van der Waals surface area contributed by atoms with E-state index in [2.05, 4.69) is 10.3 Å². The Hall–Kier alpha value is -4.46. The molecule has 2 heterocycles. The average molecular weight is 514 g/mol. The summed E-state index contributed by atoms with van der Waals surface area (Å²) in [4.78, 5) is 31.6. The number of aromatic nitrogens is 1. The first-order valence-corrected chi connectivity index (χ1v) is 12.5. The number of benzene rings is 3. The number of carbonyl (C=O) groups excluding carboxylic acids is 2. The summed E-state index contributed by atoms with van der Waals surface area (Å²) >= 11 is 0. The summed E-state index contributed by atoms with van der Waals surface area (Å²) in [6.45, 7) is 4.29. The highest BCUT2D eigenvalue weighted by Crippen LogP contribution is 2.38. The van der Waals surface area contributed by atoms with E-state index < -0.39 is 6.04 Å². The van der Waals surface area contributed by atoms with Gasteiger partial charge >= 0.3 is 0 Å². The highest BCUT2D eigenvalue weighted by Gasteiger charge is 2.33. The van der Waals surface area contributed by atoms with Crippen LogP contribution in [0.25, 0.3) is 0 Å². The number of hydrogen-bond donors (Lipinski definition) is 1. The second-order valence-electron chi connectivity index (χ2n) is 9.49. The second kappa shape index (κ2) is 10.9. The van der Waals surface area contributed by atoms with Crippen molar-refractivity contribution in [2.75, 3.05) is 11.9 Å². The molecule has 0 fully saturated rings. The number of para-hydroxylation sites is 1. The van der Waals surface area contributed by atoms with Crippen molar-refractivity contribution < 1.29 is 23.1 Å². The molecule has 0 spiro atoms. The first-order valence-electron chi connectivity index (χ1n) is 12.5. The number of carbonyl (C=O) groups is 2. The first kappa shape index (κ1) is 25.2. The van der Waals surface area contributed by atoms with Crippen LogP contribution in [0.5, 0.6) is 5.75 Å². The fourth-order valence-electron chi connectivity index (χ4n) is 4.63. The van der Waals surface area contributed by atoms with Crippen LogP contribution in [0.4, 0.5) is 10.1 Å². The zero-order valence-corrected chi connectivity index (χ0v) is 21.2.